The largest absolute Gasteiger partial charge is 0.316 e. The maximum atomic E-state index is 13.3. The quantitative estimate of drug-likeness (QED) is 0.669. The highest BCUT2D eigenvalue weighted by Gasteiger charge is 2.19. The molecule has 1 unspecified atom stereocenters. The van der Waals surface area contributed by atoms with Crippen molar-refractivity contribution >= 4 is 5.69 Å². The smallest absolute Gasteiger partial charge is 0.272 e. The Kier molecular flexibility index (Phi) is 4.44. The zero-order chi connectivity index (χ0) is 13.8. The van der Waals surface area contributed by atoms with Gasteiger partial charge in [0, 0.05) is 25.2 Å². The molecule has 1 aliphatic rings. The molecule has 1 aromatic rings. The second-order valence-electron chi connectivity index (χ2n) is 4.94. The van der Waals surface area contributed by atoms with E-state index in [1.165, 1.54) is 12.1 Å². The molecule has 5 nitrogen and oxygen atoms in total. The molecule has 6 heteroatoms. The number of piperidine rings is 1. The molecule has 0 amide bonds. The zero-order valence-electron chi connectivity index (χ0n) is 10.9. The van der Waals surface area contributed by atoms with Crippen molar-refractivity contribution < 1.29 is 9.31 Å². The van der Waals surface area contributed by atoms with Gasteiger partial charge in [-0.3, -0.25) is 15.0 Å². The van der Waals surface area contributed by atoms with Crippen molar-refractivity contribution in [2.45, 2.75) is 25.4 Å². The molecule has 1 fully saturated rings. The fourth-order valence-electron chi connectivity index (χ4n) is 2.52. The van der Waals surface area contributed by atoms with Crippen LogP contribution in [0, 0.1) is 15.9 Å². The van der Waals surface area contributed by atoms with Crippen molar-refractivity contribution in [3.63, 3.8) is 0 Å². The number of benzene rings is 1. The summed E-state index contributed by atoms with van der Waals surface area (Å²) in [6, 6.07) is 4.22. The molecule has 0 spiro atoms. The van der Waals surface area contributed by atoms with Gasteiger partial charge in [-0.2, -0.15) is 0 Å². The molecule has 2 rings (SSSR count). The summed E-state index contributed by atoms with van der Waals surface area (Å²) in [4.78, 5) is 12.4. The van der Waals surface area contributed by atoms with Gasteiger partial charge in [0.15, 0.2) is 0 Å². The molecule has 1 N–H and O–H groups in total. The van der Waals surface area contributed by atoms with E-state index < -0.39 is 10.7 Å². The lowest BCUT2D eigenvalue weighted by Crippen LogP contribution is -2.43. The fourth-order valence-corrected chi connectivity index (χ4v) is 2.52. The lowest BCUT2D eigenvalue weighted by atomic mass is 10.0. The minimum atomic E-state index is -0.556. The highest BCUT2D eigenvalue weighted by Crippen LogP contribution is 2.19. The molecular weight excluding hydrogens is 249 g/mol. The van der Waals surface area contributed by atoms with Gasteiger partial charge in [-0.1, -0.05) is 0 Å². The Balaban J connectivity index is 2.08. The fraction of sp³-hybridized carbons (Fsp3) is 0.538. The predicted octanol–water partition coefficient (Wildman–Crippen LogP) is 1.92. The highest BCUT2D eigenvalue weighted by molar-refractivity contribution is 5.35. The van der Waals surface area contributed by atoms with E-state index in [1.807, 2.05) is 7.05 Å². The normalized spacial score (nSPS) is 20.4. The number of hydrogen-bond acceptors (Lipinski definition) is 4. The number of nitrogens with zero attached hydrogens (tertiary/aromatic N) is 2. The molecule has 0 aliphatic carbocycles. The summed E-state index contributed by atoms with van der Waals surface area (Å²) in [7, 11) is 1.93. The maximum Gasteiger partial charge on any atom is 0.272 e. The lowest BCUT2D eigenvalue weighted by molar-refractivity contribution is -0.385. The molecule has 19 heavy (non-hydrogen) atoms. The molecule has 1 aromatic carbocycles. The maximum absolute atomic E-state index is 13.3. The van der Waals surface area contributed by atoms with Crippen molar-refractivity contribution in [3.05, 3.63) is 39.7 Å². The molecule has 1 heterocycles. The summed E-state index contributed by atoms with van der Waals surface area (Å²) in [5.74, 6) is -0.550. The average molecular weight is 267 g/mol. The van der Waals surface area contributed by atoms with Crippen LogP contribution in [0.25, 0.3) is 0 Å². The van der Waals surface area contributed by atoms with Crippen LogP contribution in [0.3, 0.4) is 0 Å². The van der Waals surface area contributed by atoms with Crippen molar-refractivity contribution in [2.24, 2.45) is 0 Å². The molecule has 0 aromatic heterocycles. The molecule has 0 radical (unpaired) electrons. The van der Waals surface area contributed by atoms with Crippen molar-refractivity contribution in [1.82, 2.24) is 10.2 Å². The summed E-state index contributed by atoms with van der Waals surface area (Å²) < 4.78 is 13.3. The van der Waals surface area contributed by atoms with E-state index >= 15 is 0 Å². The van der Waals surface area contributed by atoms with Crippen LogP contribution >= 0.6 is 0 Å². The number of likely N-dealkylation sites (tertiary alicyclic amines) is 1. The van der Waals surface area contributed by atoms with E-state index in [0.29, 0.717) is 18.2 Å². The van der Waals surface area contributed by atoms with E-state index in [1.54, 1.807) is 0 Å². The van der Waals surface area contributed by atoms with E-state index in [2.05, 4.69) is 10.2 Å². The Hall–Kier alpha value is -1.53. The molecular formula is C13H18FN3O2. The van der Waals surface area contributed by atoms with Crippen LogP contribution in [0.2, 0.25) is 0 Å². The van der Waals surface area contributed by atoms with Crippen LogP contribution in [0.15, 0.2) is 18.2 Å². The first-order valence-electron chi connectivity index (χ1n) is 6.42. The van der Waals surface area contributed by atoms with Gasteiger partial charge in [-0.05, 0) is 38.1 Å². The monoisotopic (exact) mass is 267 g/mol. The summed E-state index contributed by atoms with van der Waals surface area (Å²) >= 11 is 0. The Morgan fingerprint density at radius 1 is 1.53 bits per heavy atom. The van der Waals surface area contributed by atoms with Gasteiger partial charge in [0.25, 0.3) is 5.69 Å². The number of nitrogens with one attached hydrogen (secondary N) is 1. The van der Waals surface area contributed by atoms with Crippen molar-refractivity contribution in [2.75, 3.05) is 20.1 Å². The second kappa shape index (κ2) is 6.08. The number of likely N-dealkylation sites (N-methyl/N-ethyl adjacent to an activating group) is 1. The third-order valence-electron chi connectivity index (χ3n) is 3.47. The van der Waals surface area contributed by atoms with E-state index in [-0.39, 0.29) is 5.69 Å². The molecule has 0 saturated carbocycles. The van der Waals surface area contributed by atoms with Crippen molar-refractivity contribution in [3.8, 4) is 0 Å². The van der Waals surface area contributed by atoms with Crippen LogP contribution in [0.4, 0.5) is 10.1 Å². The molecule has 1 atom stereocenters. The van der Waals surface area contributed by atoms with Crippen LogP contribution in [-0.4, -0.2) is 36.0 Å². The topological polar surface area (TPSA) is 58.4 Å². The molecule has 1 aliphatic heterocycles. The van der Waals surface area contributed by atoms with Crippen molar-refractivity contribution in [1.29, 1.82) is 0 Å². The van der Waals surface area contributed by atoms with Gasteiger partial charge in [-0.15, -0.1) is 0 Å². The van der Waals surface area contributed by atoms with Crippen LogP contribution in [0.1, 0.15) is 18.4 Å². The Labute approximate surface area is 111 Å². The number of nitro groups is 1. The van der Waals surface area contributed by atoms with Crippen LogP contribution < -0.4 is 5.32 Å². The average Bonchev–Trinajstić information content (AvgIpc) is 2.38. The number of nitro benzene ring substituents is 1. The van der Waals surface area contributed by atoms with Crippen LogP contribution in [0.5, 0.6) is 0 Å². The Morgan fingerprint density at radius 2 is 2.32 bits per heavy atom. The first-order valence-corrected chi connectivity index (χ1v) is 6.42. The molecule has 0 bridgehead atoms. The number of hydrogen-bond donors (Lipinski definition) is 1. The standard InChI is InChI=1S/C13H18FN3O2/c1-15-12-3-2-4-16(9-12)8-10-5-11(14)7-13(6-10)17(18)19/h5-7,12,15H,2-4,8-9H2,1H3. The first-order chi connectivity index (χ1) is 9.08. The Morgan fingerprint density at radius 3 is 3.00 bits per heavy atom. The SMILES string of the molecule is CNC1CCCN(Cc2cc(F)cc([N+](=O)[O-])c2)C1. The minimum absolute atomic E-state index is 0.183. The van der Waals surface area contributed by atoms with Gasteiger partial charge < -0.3 is 5.32 Å². The van der Waals surface area contributed by atoms with Gasteiger partial charge in [0.1, 0.15) is 5.82 Å². The minimum Gasteiger partial charge on any atom is -0.316 e. The van der Waals surface area contributed by atoms with Gasteiger partial charge in [0.2, 0.25) is 0 Å². The van der Waals surface area contributed by atoms with Gasteiger partial charge >= 0.3 is 0 Å². The number of non-ortho nitro benzene ring substituents is 1. The molecule has 104 valence electrons. The summed E-state index contributed by atoms with van der Waals surface area (Å²) in [6.07, 6.45) is 2.22. The lowest BCUT2D eigenvalue weighted by Gasteiger charge is -2.32. The number of halogens is 1. The third kappa shape index (κ3) is 3.71. The van der Waals surface area contributed by atoms with E-state index in [0.717, 1.165) is 32.0 Å². The molecule has 1 saturated heterocycles. The van der Waals surface area contributed by atoms with Gasteiger partial charge in [-0.25, -0.2) is 4.39 Å². The van der Waals surface area contributed by atoms with E-state index in [9.17, 15) is 14.5 Å². The Bertz CT molecular complexity index is 467. The second-order valence-corrected chi connectivity index (χ2v) is 4.94. The van der Waals surface area contributed by atoms with Crippen LogP contribution in [-0.2, 0) is 6.54 Å². The summed E-state index contributed by atoms with van der Waals surface area (Å²) in [6.45, 7) is 2.39. The third-order valence-corrected chi connectivity index (χ3v) is 3.47. The zero-order valence-corrected chi connectivity index (χ0v) is 10.9. The van der Waals surface area contributed by atoms with E-state index in [4.69, 9.17) is 0 Å². The summed E-state index contributed by atoms with van der Waals surface area (Å²) in [5.41, 5.74) is 0.473. The van der Waals surface area contributed by atoms with Gasteiger partial charge in [0.05, 0.1) is 11.0 Å². The first kappa shape index (κ1) is 13.9. The number of rotatable bonds is 4. The predicted molar refractivity (Wildman–Crippen MR) is 70.4 cm³/mol. The summed E-state index contributed by atoms with van der Waals surface area (Å²) in [5, 5.41) is 13.9. The highest BCUT2D eigenvalue weighted by atomic mass is 19.1.